The molecule has 38 valence electrons. The largest absolute Gasteiger partial charge is 0.0650 e. The van der Waals surface area contributed by atoms with Crippen molar-refractivity contribution in [2.75, 3.05) is 12.8 Å². The van der Waals surface area contributed by atoms with Crippen molar-refractivity contribution in [2.24, 2.45) is 0 Å². The highest BCUT2D eigenvalue weighted by atomic mass is 127. The molecule has 0 saturated heterocycles. The fourth-order valence-corrected chi connectivity index (χ4v) is 2.37. The lowest BCUT2D eigenvalue weighted by Gasteiger charge is -1.94. The van der Waals surface area contributed by atoms with Crippen LogP contribution in [0.15, 0.2) is 0 Å². The van der Waals surface area contributed by atoms with Crippen molar-refractivity contribution >= 4 is 27.6 Å². The molecule has 0 N–H and O–H groups in total. The summed E-state index contributed by atoms with van der Waals surface area (Å²) in [6.45, 7) is 4.54. The van der Waals surface area contributed by atoms with Crippen LogP contribution in [0.5, 0.6) is 0 Å². The van der Waals surface area contributed by atoms with E-state index in [2.05, 4.69) is 35.6 Å². The van der Waals surface area contributed by atoms with Crippen molar-refractivity contribution in [2.45, 2.75) is 13.3 Å². The Morgan fingerprint density at radius 1 is 1.67 bits per heavy atom. The summed E-state index contributed by atoms with van der Waals surface area (Å²) >= 11 is 2.51. The molecule has 1 atom stereocenters. The molecular weight excluding hydrogens is 206 g/mol. The van der Waals surface area contributed by atoms with Gasteiger partial charge < -0.3 is 0 Å². The van der Waals surface area contributed by atoms with E-state index in [0.29, 0.717) is 5.56 Å². The van der Waals surface area contributed by atoms with Crippen LogP contribution in [0.4, 0.5) is 0 Å². The molecule has 0 radical (unpaired) electrons. The van der Waals surface area contributed by atoms with E-state index in [0.717, 1.165) is 0 Å². The zero-order chi connectivity index (χ0) is 4.99. The number of rotatable bonds is 2. The van der Waals surface area contributed by atoms with Crippen LogP contribution in [-0.4, -0.2) is 12.8 Å². The molecule has 2 heteroatoms. The van der Waals surface area contributed by atoms with Gasteiger partial charge in [0.1, 0.15) is 0 Å². The zero-order valence-corrected chi connectivity index (χ0v) is 7.29. The molecule has 0 bridgehead atoms. The van der Waals surface area contributed by atoms with Gasteiger partial charge in [0.25, 0.3) is 0 Å². The van der Waals surface area contributed by atoms with Crippen LogP contribution in [0, 0.1) is 0 Å². The van der Waals surface area contributed by atoms with E-state index < -0.39 is 0 Å². The molecule has 0 rings (SSSR count). The predicted molar refractivity (Wildman–Crippen MR) is 42.0 cm³/mol. The van der Waals surface area contributed by atoms with Gasteiger partial charge in [-0.05, 0) is 18.4 Å². The molecule has 1 unspecified atom stereocenters. The van der Waals surface area contributed by atoms with Crippen LogP contribution >= 0.6 is 27.6 Å². The Balaban J connectivity index is 2.63. The molecule has 0 aromatic heterocycles. The van der Waals surface area contributed by atoms with E-state index in [1.165, 1.54) is 12.6 Å². The molecule has 0 fully saturated rings. The van der Waals surface area contributed by atoms with Crippen LogP contribution in [0.25, 0.3) is 0 Å². The first-order valence-corrected chi connectivity index (χ1v) is 6.90. The van der Waals surface area contributed by atoms with Crippen LogP contribution in [0.2, 0.25) is 0 Å². The van der Waals surface area contributed by atoms with Gasteiger partial charge in [0.05, 0.1) is 0 Å². The van der Waals surface area contributed by atoms with Gasteiger partial charge in [-0.3, -0.25) is 0 Å². The van der Waals surface area contributed by atoms with Crippen molar-refractivity contribution in [3.63, 3.8) is 0 Å². The topological polar surface area (TPSA) is 0 Å². The van der Waals surface area contributed by atoms with E-state index >= 15 is 0 Å². The standard InChI is InChI=1S/C4H10IP/c1-3-4-6(2)5/h3-4H2,1-2H3. The van der Waals surface area contributed by atoms with Gasteiger partial charge >= 0.3 is 0 Å². The Morgan fingerprint density at radius 2 is 2.17 bits per heavy atom. The lowest BCUT2D eigenvalue weighted by molar-refractivity contribution is 1.10. The lowest BCUT2D eigenvalue weighted by atomic mass is 10.6. The summed E-state index contributed by atoms with van der Waals surface area (Å²) in [6.07, 6.45) is 2.78. The molecule has 0 aliphatic rings. The molecule has 0 saturated carbocycles. The third-order valence-corrected chi connectivity index (χ3v) is 3.04. The highest BCUT2D eigenvalue weighted by molar-refractivity contribution is 14.2. The summed E-state index contributed by atoms with van der Waals surface area (Å²) in [7, 11) is 0. The summed E-state index contributed by atoms with van der Waals surface area (Å²) in [5, 5.41) is 0. The quantitative estimate of drug-likeness (QED) is 0.491. The molecule has 6 heavy (non-hydrogen) atoms. The second-order valence-corrected chi connectivity index (χ2v) is 7.93. The Labute approximate surface area is 53.9 Å². The maximum absolute atomic E-state index is 2.51. The summed E-state index contributed by atoms with van der Waals surface area (Å²) in [5.41, 5.74) is 0.369. The van der Waals surface area contributed by atoms with Gasteiger partial charge in [-0.25, -0.2) is 0 Å². The molecule has 0 aliphatic heterocycles. The maximum Gasteiger partial charge on any atom is -0.0240 e. The summed E-state index contributed by atoms with van der Waals surface area (Å²) in [5.74, 6) is 0. The van der Waals surface area contributed by atoms with Gasteiger partial charge in [0.2, 0.25) is 0 Å². The molecule has 0 aromatic rings. The van der Waals surface area contributed by atoms with E-state index in [9.17, 15) is 0 Å². The van der Waals surface area contributed by atoms with Crippen molar-refractivity contribution in [3.05, 3.63) is 0 Å². The third kappa shape index (κ3) is 5.16. The summed E-state index contributed by atoms with van der Waals surface area (Å²) < 4.78 is 0. The number of halogens is 1. The normalized spacial score (nSPS) is 14.5. The average molecular weight is 216 g/mol. The zero-order valence-electron chi connectivity index (χ0n) is 4.24. The van der Waals surface area contributed by atoms with Gasteiger partial charge in [-0.1, -0.05) is 35.4 Å². The van der Waals surface area contributed by atoms with Gasteiger partial charge in [-0.15, -0.1) is 0 Å². The van der Waals surface area contributed by atoms with Gasteiger partial charge in [0, 0.05) is 0 Å². The third-order valence-electron chi connectivity index (χ3n) is 0.532. The number of hydrogen-bond donors (Lipinski definition) is 0. The summed E-state index contributed by atoms with van der Waals surface area (Å²) in [4.78, 5) is 0. The van der Waals surface area contributed by atoms with Crippen LogP contribution < -0.4 is 0 Å². The number of hydrogen-bond acceptors (Lipinski definition) is 0. The minimum absolute atomic E-state index is 0.369. The molecule has 0 aliphatic carbocycles. The van der Waals surface area contributed by atoms with Crippen molar-refractivity contribution in [1.29, 1.82) is 0 Å². The maximum atomic E-state index is 2.51. The van der Waals surface area contributed by atoms with Gasteiger partial charge in [-0.2, -0.15) is 0 Å². The monoisotopic (exact) mass is 216 g/mol. The molecule has 0 heterocycles. The second-order valence-electron chi connectivity index (χ2n) is 1.33. The first kappa shape index (κ1) is 7.16. The fraction of sp³-hybridized carbons (Fsp3) is 1.00. The van der Waals surface area contributed by atoms with E-state index in [1.54, 1.807) is 0 Å². The van der Waals surface area contributed by atoms with E-state index in [1.807, 2.05) is 0 Å². The van der Waals surface area contributed by atoms with Crippen LogP contribution in [0.3, 0.4) is 0 Å². The first-order chi connectivity index (χ1) is 2.77. The highest BCUT2D eigenvalue weighted by Crippen LogP contribution is 2.40. The Kier molecular flexibility index (Phi) is 5.16. The predicted octanol–water partition coefficient (Wildman–Crippen LogP) is 2.86. The van der Waals surface area contributed by atoms with E-state index in [-0.39, 0.29) is 0 Å². The fourth-order valence-electron chi connectivity index (χ4n) is 0.308. The SMILES string of the molecule is CCCP(C)I. The molecule has 0 amide bonds. The minimum atomic E-state index is 0.369. The molecular formula is C4H10IP. The minimum Gasteiger partial charge on any atom is -0.0650 e. The molecule has 0 nitrogen and oxygen atoms in total. The average Bonchev–Trinajstić information content (AvgIpc) is 1.35. The van der Waals surface area contributed by atoms with Crippen molar-refractivity contribution in [3.8, 4) is 0 Å². The van der Waals surface area contributed by atoms with Gasteiger partial charge in [0.15, 0.2) is 0 Å². The second kappa shape index (κ2) is 4.32. The van der Waals surface area contributed by atoms with E-state index in [4.69, 9.17) is 0 Å². The van der Waals surface area contributed by atoms with Crippen LogP contribution in [0.1, 0.15) is 13.3 Å². The Bertz CT molecular complexity index is 28.7. The summed E-state index contributed by atoms with van der Waals surface area (Å²) in [6, 6.07) is 0. The van der Waals surface area contributed by atoms with Crippen molar-refractivity contribution < 1.29 is 0 Å². The molecule has 0 spiro atoms. The first-order valence-electron chi connectivity index (χ1n) is 2.14. The van der Waals surface area contributed by atoms with Crippen LogP contribution in [-0.2, 0) is 0 Å². The lowest BCUT2D eigenvalue weighted by Crippen LogP contribution is -1.67. The smallest absolute Gasteiger partial charge is 0.0240 e. The Morgan fingerprint density at radius 3 is 2.17 bits per heavy atom. The Hall–Kier alpha value is 1.16. The van der Waals surface area contributed by atoms with Crippen molar-refractivity contribution in [1.82, 2.24) is 0 Å². The molecule has 0 aromatic carbocycles. The highest BCUT2D eigenvalue weighted by Gasteiger charge is 1.86.